The van der Waals surface area contributed by atoms with Crippen molar-refractivity contribution in [1.82, 2.24) is 15.0 Å². The molecule has 0 aliphatic carbocycles. The number of anilines is 4. The third-order valence-electron chi connectivity index (χ3n) is 4.14. The molecular formula is C20H16F7N5. The van der Waals surface area contributed by atoms with E-state index in [-0.39, 0.29) is 16.9 Å². The summed E-state index contributed by atoms with van der Waals surface area (Å²) in [6.07, 6.45) is -9.59. The monoisotopic (exact) mass is 459 g/mol. The van der Waals surface area contributed by atoms with Crippen molar-refractivity contribution in [3.05, 3.63) is 65.5 Å². The van der Waals surface area contributed by atoms with Crippen LogP contribution in [-0.2, 0) is 18.0 Å². The van der Waals surface area contributed by atoms with Gasteiger partial charge in [0.15, 0.2) is 0 Å². The van der Waals surface area contributed by atoms with Gasteiger partial charge in [0.2, 0.25) is 17.7 Å². The molecule has 0 fully saturated rings. The van der Waals surface area contributed by atoms with Crippen LogP contribution in [0.1, 0.15) is 30.8 Å². The van der Waals surface area contributed by atoms with Crippen LogP contribution in [0.5, 0.6) is 0 Å². The van der Waals surface area contributed by atoms with Gasteiger partial charge in [0.1, 0.15) is 5.67 Å². The molecule has 0 radical (unpaired) electrons. The molecule has 5 nitrogen and oxygen atoms in total. The topological polar surface area (TPSA) is 62.7 Å². The molecule has 0 bridgehead atoms. The van der Waals surface area contributed by atoms with Gasteiger partial charge < -0.3 is 10.6 Å². The minimum atomic E-state index is -4.95. The highest BCUT2D eigenvalue weighted by Crippen LogP contribution is 2.33. The predicted molar refractivity (Wildman–Crippen MR) is 103 cm³/mol. The highest BCUT2D eigenvalue weighted by Gasteiger charge is 2.36. The van der Waals surface area contributed by atoms with Gasteiger partial charge in [0.05, 0.1) is 5.56 Å². The fraction of sp³-hybridized carbons (Fsp3) is 0.250. The second-order valence-corrected chi connectivity index (χ2v) is 7.19. The van der Waals surface area contributed by atoms with E-state index in [0.29, 0.717) is 6.07 Å². The highest BCUT2D eigenvalue weighted by atomic mass is 19.4. The molecule has 3 aromatic rings. The van der Waals surface area contributed by atoms with Gasteiger partial charge in [-0.3, -0.25) is 0 Å². The molecule has 2 N–H and O–H groups in total. The third-order valence-corrected chi connectivity index (χ3v) is 4.14. The summed E-state index contributed by atoms with van der Waals surface area (Å²) in [7, 11) is 0. The van der Waals surface area contributed by atoms with Gasteiger partial charge in [-0.15, -0.1) is 0 Å². The molecule has 0 saturated carbocycles. The fourth-order valence-corrected chi connectivity index (χ4v) is 2.61. The quantitative estimate of drug-likeness (QED) is 0.421. The highest BCUT2D eigenvalue weighted by molar-refractivity contribution is 5.59. The van der Waals surface area contributed by atoms with E-state index in [4.69, 9.17) is 0 Å². The van der Waals surface area contributed by atoms with Crippen molar-refractivity contribution >= 4 is 23.3 Å². The lowest BCUT2D eigenvalue weighted by Crippen LogP contribution is -2.16. The minimum absolute atomic E-state index is 0.175. The third kappa shape index (κ3) is 5.83. The minimum Gasteiger partial charge on any atom is -0.324 e. The van der Waals surface area contributed by atoms with Crippen molar-refractivity contribution in [1.29, 1.82) is 0 Å². The first-order chi connectivity index (χ1) is 14.7. The van der Waals surface area contributed by atoms with E-state index in [1.165, 1.54) is 44.2 Å². The van der Waals surface area contributed by atoms with Crippen LogP contribution in [0, 0.1) is 0 Å². The SMILES string of the molecule is CC(C)(F)c1cccc(Nc2nc(Nc3cccc(C(F)(F)F)c3)nc(C(F)(F)F)n2)c1. The summed E-state index contributed by atoms with van der Waals surface area (Å²) in [5.41, 5.74) is -2.42. The average molecular weight is 459 g/mol. The number of hydrogen-bond acceptors (Lipinski definition) is 5. The second-order valence-electron chi connectivity index (χ2n) is 7.19. The smallest absolute Gasteiger partial charge is 0.324 e. The van der Waals surface area contributed by atoms with Gasteiger partial charge in [0, 0.05) is 11.4 Å². The van der Waals surface area contributed by atoms with Crippen LogP contribution in [0.3, 0.4) is 0 Å². The maximum absolute atomic E-state index is 14.2. The Bertz CT molecular complexity index is 1030. The van der Waals surface area contributed by atoms with E-state index in [1.54, 1.807) is 0 Å². The van der Waals surface area contributed by atoms with Crippen LogP contribution in [-0.4, -0.2) is 15.0 Å². The Kier molecular flexibility index (Phi) is 5.98. The van der Waals surface area contributed by atoms with Gasteiger partial charge in [0.25, 0.3) is 0 Å². The number of alkyl halides is 7. The zero-order valence-electron chi connectivity index (χ0n) is 16.6. The predicted octanol–water partition coefficient (Wildman–Crippen LogP) is 6.60. The summed E-state index contributed by atoms with van der Waals surface area (Å²) < 4.78 is 92.6. The maximum atomic E-state index is 14.2. The lowest BCUT2D eigenvalue weighted by molar-refractivity contribution is -0.144. The van der Waals surface area contributed by atoms with Crippen molar-refractivity contribution < 1.29 is 30.7 Å². The van der Waals surface area contributed by atoms with Crippen molar-refractivity contribution in [2.24, 2.45) is 0 Å². The second kappa shape index (κ2) is 8.24. The summed E-state index contributed by atoms with van der Waals surface area (Å²) in [5, 5.41) is 4.87. The number of hydrogen-bond donors (Lipinski definition) is 2. The summed E-state index contributed by atoms with van der Waals surface area (Å²) in [6.45, 7) is 2.63. The van der Waals surface area contributed by atoms with Crippen LogP contribution in [0.25, 0.3) is 0 Å². The van der Waals surface area contributed by atoms with E-state index in [2.05, 4.69) is 25.6 Å². The molecule has 170 valence electrons. The molecule has 12 heteroatoms. The van der Waals surface area contributed by atoms with Crippen LogP contribution >= 0.6 is 0 Å². The summed E-state index contributed by atoms with van der Waals surface area (Å²) in [5.74, 6) is -2.72. The van der Waals surface area contributed by atoms with Gasteiger partial charge in [-0.05, 0) is 49.7 Å². The van der Waals surface area contributed by atoms with Crippen molar-refractivity contribution in [2.75, 3.05) is 10.6 Å². The molecule has 1 heterocycles. The van der Waals surface area contributed by atoms with Gasteiger partial charge in [-0.25, -0.2) is 4.39 Å². The largest absolute Gasteiger partial charge is 0.451 e. The van der Waals surface area contributed by atoms with E-state index in [9.17, 15) is 30.7 Å². The molecule has 0 unspecified atom stereocenters. The van der Waals surface area contributed by atoms with Gasteiger partial charge in [-0.2, -0.15) is 41.3 Å². The molecule has 1 aromatic heterocycles. The Balaban J connectivity index is 1.96. The molecular weight excluding hydrogens is 443 g/mol. The van der Waals surface area contributed by atoms with Crippen molar-refractivity contribution in [2.45, 2.75) is 31.9 Å². The molecule has 0 atom stereocenters. The van der Waals surface area contributed by atoms with E-state index < -0.39 is 41.3 Å². The lowest BCUT2D eigenvalue weighted by atomic mass is 10.00. The summed E-state index contributed by atoms with van der Waals surface area (Å²) >= 11 is 0. The number of aromatic nitrogens is 3. The number of nitrogens with one attached hydrogen (secondary N) is 2. The van der Waals surface area contributed by atoms with Crippen molar-refractivity contribution in [3.63, 3.8) is 0 Å². The van der Waals surface area contributed by atoms with Gasteiger partial charge >= 0.3 is 12.4 Å². The zero-order valence-corrected chi connectivity index (χ0v) is 16.6. The number of benzene rings is 2. The maximum Gasteiger partial charge on any atom is 0.451 e. The molecule has 32 heavy (non-hydrogen) atoms. The molecule has 0 aliphatic rings. The Morgan fingerprint density at radius 2 is 1.09 bits per heavy atom. The number of nitrogens with zero attached hydrogens (tertiary/aromatic N) is 3. The van der Waals surface area contributed by atoms with Crippen molar-refractivity contribution in [3.8, 4) is 0 Å². The first kappa shape index (κ1) is 23.2. The standard InChI is InChI=1S/C20H16F7N5/c1-18(2,21)11-5-3-7-13(9-11)28-16-30-15(20(25,26)27)31-17(32-16)29-14-8-4-6-12(10-14)19(22,23)24/h3-10H,1-2H3,(H2,28,29,30,31,32). The molecule has 0 aliphatic heterocycles. The summed E-state index contributed by atoms with van der Waals surface area (Å²) in [6, 6.07) is 9.64. The average Bonchev–Trinajstić information content (AvgIpc) is 2.66. The first-order valence-electron chi connectivity index (χ1n) is 9.06. The molecule has 0 saturated heterocycles. The van der Waals surface area contributed by atoms with Crippen LogP contribution in [0.2, 0.25) is 0 Å². The lowest BCUT2D eigenvalue weighted by Gasteiger charge is -2.16. The van der Waals surface area contributed by atoms with E-state index in [1.807, 2.05) is 0 Å². The van der Waals surface area contributed by atoms with Crippen LogP contribution in [0.15, 0.2) is 48.5 Å². The molecule has 0 spiro atoms. The molecule has 0 amide bonds. The zero-order chi connectivity index (χ0) is 23.7. The van der Waals surface area contributed by atoms with Crippen LogP contribution in [0.4, 0.5) is 54.0 Å². The van der Waals surface area contributed by atoms with E-state index >= 15 is 0 Å². The normalized spacial score (nSPS) is 12.5. The Hall–Kier alpha value is -3.44. The van der Waals surface area contributed by atoms with Gasteiger partial charge in [-0.1, -0.05) is 18.2 Å². The van der Waals surface area contributed by atoms with E-state index in [0.717, 1.165) is 12.1 Å². The first-order valence-corrected chi connectivity index (χ1v) is 9.06. The number of halogens is 7. The van der Waals surface area contributed by atoms with Crippen LogP contribution < -0.4 is 10.6 Å². The Morgan fingerprint density at radius 1 is 0.625 bits per heavy atom. The summed E-state index contributed by atoms with van der Waals surface area (Å²) in [4.78, 5) is 10.4. The molecule has 2 aromatic carbocycles. The number of rotatable bonds is 5. The Labute approximate surface area is 177 Å². The Morgan fingerprint density at radius 3 is 1.53 bits per heavy atom. The fourth-order valence-electron chi connectivity index (χ4n) is 2.61. The molecule has 3 rings (SSSR count).